The SMILES string of the molecule is Cc1cc(-c2cn([C@H]3[C@@H]4CN(C5COC5)C[C@@H]43)c(C3CCC3)n2)cnc1N. The Hall–Kier alpha value is -1.92. The van der Waals surface area contributed by atoms with Gasteiger partial charge in [0.25, 0.3) is 0 Å². The van der Waals surface area contributed by atoms with Gasteiger partial charge in [-0.1, -0.05) is 6.42 Å². The Labute approximate surface area is 159 Å². The summed E-state index contributed by atoms with van der Waals surface area (Å²) in [5, 5.41) is 0. The van der Waals surface area contributed by atoms with Crippen LogP contribution in [0.25, 0.3) is 11.3 Å². The minimum atomic E-state index is 0.606. The van der Waals surface area contributed by atoms with Gasteiger partial charge in [0.05, 0.1) is 24.9 Å². The van der Waals surface area contributed by atoms with Crippen LogP contribution in [0.3, 0.4) is 0 Å². The Balaban J connectivity index is 1.29. The number of likely N-dealkylation sites (tertiary alicyclic amines) is 1. The maximum absolute atomic E-state index is 5.90. The van der Waals surface area contributed by atoms with Crippen molar-refractivity contribution in [1.82, 2.24) is 19.4 Å². The van der Waals surface area contributed by atoms with Crippen LogP contribution in [-0.4, -0.2) is 51.8 Å². The number of aromatic nitrogens is 3. The molecule has 6 nitrogen and oxygen atoms in total. The van der Waals surface area contributed by atoms with Crippen molar-refractivity contribution in [2.45, 2.75) is 44.2 Å². The van der Waals surface area contributed by atoms with E-state index in [0.29, 0.717) is 23.8 Å². The van der Waals surface area contributed by atoms with E-state index in [2.05, 4.69) is 26.7 Å². The average molecular weight is 365 g/mol. The van der Waals surface area contributed by atoms with Crippen molar-refractivity contribution >= 4 is 5.82 Å². The van der Waals surface area contributed by atoms with Crippen molar-refractivity contribution in [3.63, 3.8) is 0 Å². The van der Waals surface area contributed by atoms with Crippen LogP contribution in [0.1, 0.15) is 42.6 Å². The van der Waals surface area contributed by atoms with Crippen LogP contribution in [0, 0.1) is 18.8 Å². The molecule has 4 fully saturated rings. The van der Waals surface area contributed by atoms with Gasteiger partial charge in [-0.15, -0.1) is 0 Å². The fourth-order valence-corrected chi connectivity index (χ4v) is 5.15. The number of nitrogen functional groups attached to an aromatic ring is 1. The molecule has 2 saturated carbocycles. The number of fused-ring (bicyclic) bond motifs is 1. The van der Waals surface area contributed by atoms with Crippen LogP contribution < -0.4 is 5.73 Å². The van der Waals surface area contributed by atoms with E-state index in [1.807, 2.05) is 13.1 Å². The van der Waals surface area contributed by atoms with Crippen molar-refractivity contribution < 1.29 is 4.74 Å². The quantitative estimate of drug-likeness (QED) is 0.902. The summed E-state index contributed by atoms with van der Waals surface area (Å²) in [6.07, 6.45) is 8.06. The first-order valence-corrected chi connectivity index (χ1v) is 10.3. The van der Waals surface area contributed by atoms with Crippen molar-refractivity contribution in [3.05, 3.63) is 29.8 Å². The zero-order valence-electron chi connectivity index (χ0n) is 15.8. The van der Waals surface area contributed by atoms with Crippen LogP contribution >= 0.6 is 0 Å². The van der Waals surface area contributed by atoms with Crippen molar-refractivity contribution in [2.24, 2.45) is 11.8 Å². The Morgan fingerprint density at radius 3 is 2.56 bits per heavy atom. The molecule has 2 aliphatic heterocycles. The summed E-state index contributed by atoms with van der Waals surface area (Å²) in [4.78, 5) is 12.1. The highest BCUT2D eigenvalue weighted by molar-refractivity contribution is 5.61. The number of rotatable bonds is 4. The summed E-state index contributed by atoms with van der Waals surface area (Å²) in [5.41, 5.74) is 9.07. The van der Waals surface area contributed by atoms with E-state index >= 15 is 0 Å². The van der Waals surface area contributed by atoms with Gasteiger partial charge in [0.1, 0.15) is 11.6 Å². The van der Waals surface area contributed by atoms with Crippen molar-refractivity contribution in [2.75, 3.05) is 32.0 Å². The van der Waals surface area contributed by atoms with Gasteiger partial charge in [0.15, 0.2) is 0 Å². The Morgan fingerprint density at radius 2 is 1.96 bits per heavy atom. The first kappa shape index (κ1) is 16.1. The predicted molar refractivity (Wildman–Crippen MR) is 103 cm³/mol. The summed E-state index contributed by atoms with van der Waals surface area (Å²) in [6.45, 7) is 6.32. The second kappa shape index (κ2) is 5.79. The molecule has 0 spiro atoms. The van der Waals surface area contributed by atoms with E-state index in [9.17, 15) is 0 Å². The molecule has 2 aromatic rings. The fourth-order valence-electron chi connectivity index (χ4n) is 5.15. The Bertz CT molecular complexity index is 873. The summed E-state index contributed by atoms with van der Waals surface area (Å²) >= 11 is 0. The molecule has 0 bridgehead atoms. The molecule has 3 atom stereocenters. The van der Waals surface area contributed by atoms with Crippen molar-refractivity contribution in [3.8, 4) is 11.3 Å². The first-order valence-electron chi connectivity index (χ1n) is 10.3. The van der Waals surface area contributed by atoms with E-state index in [1.165, 1.54) is 38.2 Å². The standard InChI is InChI=1S/C21H27N5O/c1-12-5-14(6-23-20(12)22)18-9-26(21(24-18)13-3-2-4-13)19-16-7-25(8-17(16)19)15-10-27-11-15/h5-6,9,13,15-17,19H,2-4,7-8,10-11H2,1H3,(H2,22,23)/t16-,17+,19+. The predicted octanol–water partition coefficient (Wildman–Crippen LogP) is 2.60. The first-order chi connectivity index (χ1) is 13.2. The minimum absolute atomic E-state index is 0.606. The summed E-state index contributed by atoms with van der Waals surface area (Å²) < 4.78 is 7.92. The van der Waals surface area contributed by atoms with Crippen molar-refractivity contribution in [1.29, 1.82) is 0 Å². The zero-order valence-corrected chi connectivity index (χ0v) is 15.8. The van der Waals surface area contributed by atoms with E-state index in [4.69, 9.17) is 15.5 Å². The summed E-state index contributed by atoms with van der Waals surface area (Å²) in [5.74, 6) is 4.13. The number of imidazole rings is 1. The van der Waals surface area contributed by atoms with Crippen LogP contribution in [0.4, 0.5) is 5.82 Å². The summed E-state index contributed by atoms with van der Waals surface area (Å²) in [7, 11) is 0. The molecule has 27 heavy (non-hydrogen) atoms. The number of anilines is 1. The van der Waals surface area contributed by atoms with E-state index in [-0.39, 0.29) is 0 Å². The number of nitrogens with two attached hydrogens (primary N) is 1. The number of ether oxygens (including phenoxy) is 1. The van der Waals surface area contributed by atoms with Crippen LogP contribution in [0.5, 0.6) is 0 Å². The lowest BCUT2D eigenvalue weighted by Gasteiger charge is -2.36. The van der Waals surface area contributed by atoms with Gasteiger partial charge < -0.3 is 15.0 Å². The second-order valence-corrected chi connectivity index (χ2v) is 8.91. The molecular formula is C21H27N5O. The van der Waals surface area contributed by atoms with Crippen LogP contribution in [0.15, 0.2) is 18.5 Å². The lowest BCUT2D eigenvalue weighted by molar-refractivity contribution is -0.0616. The number of nitrogens with zero attached hydrogens (tertiary/aromatic N) is 4. The number of hydrogen-bond acceptors (Lipinski definition) is 5. The molecular weight excluding hydrogens is 338 g/mol. The van der Waals surface area contributed by atoms with Crippen LogP contribution in [-0.2, 0) is 4.74 Å². The highest BCUT2D eigenvalue weighted by atomic mass is 16.5. The zero-order chi connectivity index (χ0) is 18.1. The highest BCUT2D eigenvalue weighted by Crippen LogP contribution is 2.57. The largest absolute Gasteiger partial charge is 0.383 e. The fraction of sp³-hybridized carbons (Fsp3) is 0.619. The Morgan fingerprint density at radius 1 is 1.19 bits per heavy atom. The van der Waals surface area contributed by atoms with Gasteiger partial charge in [0.2, 0.25) is 0 Å². The number of hydrogen-bond donors (Lipinski definition) is 1. The molecule has 0 amide bonds. The molecule has 2 aliphatic carbocycles. The minimum Gasteiger partial charge on any atom is -0.383 e. The van der Waals surface area contributed by atoms with Gasteiger partial charge in [-0.25, -0.2) is 9.97 Å². The van der Waals surface area contributed by atoms with Gasteiger partial charge in [-0.3, -0.25) is 4.90 Å². The Kier molecular flexibility index (Phi) is 3.44. The maximum Gasteiger partial charge on any atom is 0.126 e. The normalized spacial score (nSPS) is 30.8. The maximum atomic E-state index is 5.90. The van der Waals surface area contributed by atoms with Gasteiger partial charge in [-0.05, 0) is 43.2 Å². The molecule has 6 rings (SSSR count). The smallest absolute Gasteiger partial charge is 0.126 e. The third-order valence-electron chi connectivity index (χ3n) is 7.28. The second-order valence-electron chi connectivity index (χ2n) is 8.91. The molecule has 2 aromatic heterocycles. The average Bonchev–Trinajstić information content (AvgIpc) is 2.92. The molecule has 6 heteroatoms. The molecule has 2 N–H and O–H groups in total. The highest BCUT2D eigenvalue weighted by Gasteiger charge is 2.58. The third kappa shape index (κ3) is 2.46. The lowest BCUT2D eigenvalue weighted by atomic mass is 9.85. The van der Waals surface area contributed by atoms with E-state index < -0.39 is 0 Å². The molecule has 4 aliphatic rings. The van der Waals surface area contributed by atoms with E-state index in [1.54, 1.807) is 0 Å². The topological polar surface area (TPSA) is 69.2 Å². The molecule has 142 valence electrons. The molecule has 4 heterocycles. The van der Waals surface area contributed by atoms with Gasteiger partial charge >= 0.3 is 0 Å². The van der Waals surface area contributed by atoms with Crippen LogP contribution in [0.2, 0.25) is 0 Å². The lowest BCUT2D eigenvalue weighted by Crippen LogP contribution is -2.49. The molecule has 0 aromatic carbocycles. The number of piperidine rings is 1. The summed E-state index contributed by atoms with van der Waals surface area (Å²) in [6, 6.07) is 3.43. The van der Waals surface area contributed by atoms with E-state index in [0.717, 1.165) is 41.9 Å². The number of aryl methyl sites for hydroxylation is 1. The monoisotopic (exact) mass is 365 g/mol. The third-order valence-corrected chi connectivity index (χ3v) is 7.28. The van der Waals surface area contributed by atoms with Gasteiger partial charge in [0, 0.05) is 43.0 Å². The molecule has 0 radical (unpaired) electrons. The van der Waals surface area contributed by atoms with Gasteiger partial charge in [-0.2, -0.15) is 0 Å². The molecule has 0 unspecified atom stereocenters. The number of pyridine rings is 1. The molecule has 2 saturated heterocycles.